The number of allylic oxidation sites excluding steroid dienone is 1. The lowest BCUT2D eigenvalue weighted by Crippen LogP contribution is -2.55. The van der Waals surface area contributed by atoms with E-state index in [9.17, 15) is 4.79 Å². The fraction of sp³-hybridized carbons (Fsp3) is 0.633. The summed E-state index contributed by atoms with van der Waals surface area (Å²) < 4.78 is 35.4. The largest absolute Gasteiger partial charge is 0.493 e. The van der Waals surface area contributed by atoms with Gasteiger partial charge in [0.15, 0.2) is 11.5 Å². The second-order valence-electron chi connectivity index (χ2n) is 10.8. The summed E-state index contributed by atoms with van der Waals surface area (Å²) in [7, 11) is 3.29. The quantitative estimate of drug-likeness (QED) is 0.120. The molecule has 1 spiro atoms. The zero-order chi connectivity index (χ0) is 26.6. The maximum absolute atomic E-state index is 12.8. The highest BCUT2D eigenvalue weighted by Gasteiger charge is 2.72. The molecule has 0 amide bonds. The van der Waals surface area contributed by atoms with E-state index in [4.69, 9.17) is 28.4 Å². The molecule has 1 aromatic rings. The zero-order valence-corrected chi connectivity index (χ0v) is 23.1. The molecule has 1 aliphatic carbocycles. The van der Waals surface area contributed by atoms with E-state index in [-0.39, 0.29) is 35.4 Å². The molecule has 0 bridgehead atoms. The van der Waals surface area contributed by atoms with Crippen molar-refractivity contribution in [3.05, 3.63) is 41.5 Å². The monoisotopic (exact) mass is 514 g/mol. The first-order chi connectivity index (χ1) is 17.8. The number of hydrogen-bond donors (Lipinski definition) is 0. The molecule has 3 aliphatic rings. The van der Waals surface area contributed by atoms with Gasteiger partial charge in [-0.1, -0.05) is 31.1 Å². The lowest BCUT2D eigenvalue weighted by atomic mass is 9.68. The SMILES string of the molecule is CCCCOc1ccc(/C=C/C(=O)O[C@@H]2CC[C@]3(CO3)[C@@H](C3(C)O[C@H]3CC=C(C)C)[C@@H]2OC)cc1OC. The van der Waals surface area contributed by atoms with Crippen LogP contribution >= 0.6 is 0 Å². The van der Waals surface area contributed by atoms with Crippen molar-refractivity contribution >= 4 is 12.0 Å². The number of hydrogen-bond acceptors (Lipinski definition) is 7. The summed E-state index contributed by atoms with van der Waals surface area (Å²) in [4.78, 5) is 12.8. The van der Waals surface area contributed by atoms with Crippen molar-refractivity contribution < 1.29 is 33.2 Å². The average molecular weight is 515 g/mol. The number of benzene rings is 1. The van der Waals surface area contributed by atoms with Gasteiger partial charge in [0, 0.05) is 13.2 Å². The molecule has 2 aliphatic heterocycles. The van der Waals surface area contributed by atoms with Crippen molar-refractivity contribution in [3.63, 3.8) is 0 Å². The van der Waals surface area contributed by atoms with Gasteiger partial charge in [0.05, 0.1) is 32.3 Å². The van der Waals surface area contributed by atoms with E-state index in [1.54, 1.807) is 20.3 Å². The molecule has 7 nitrogen and oxygen atoms in total. The molecule has 37 heavy (non-hydrogen) atoms. The van der Waals surface area contributed by atoms with Crippen LogP contribution in [-0.2, 0) is 23.7 Å². The number of unbranched alkanes of at least 4 members (excludes halogenated alkanes) is 1. The molecule has 6 atom stereocenters. The van der Waals surface area contributed by atoms with Gasteiger partial charge < -0.3 is 28.4 Å². The highest BCUT2D eigenvalue weighted by Crippen LogP contribution is 2.59. The minimum Gasteiger partial charge on any atom is -0.493 e. The van der Waals surface area contributed by atoms with E-state index in [1.165, 1.54) is 11.6 Å². The van der Waals surface area contributed by atoms with E-state index in [2.05, 4.69) is 33.8 Å². The number of esters is 1. The minimum absolute atomic E-state index is 0.000561. The Balaban J connectivity index is 1.41. The smallest absolute Gasteiger partial charge is 0.331 e. The molecule has 0 aromatic heterocycles. The second kappa shape index (κ2) is 11.6. The Labute approximate surface area is 221 Å². The van der Waals surface area contributed by atoms with Gasteiger partial charge in [0.2, 0.25) is 0 Å². The molecule has 2 saturated heterocycles. The molecule has 3 fully saturated rings. The number of carbonyl (C=O) groups is 1. The number of epoxide rings is 2. The summed E-state index contributed by atoms with van der Waals surface area (Å²) >= 11 is 0. The lowest BCUT2D eigenvalue weighted by Gasteiger charge is -2.42. The van der Waals surface area contributed by atoms with Crippen LogP contribution in [-0.4, -0.2) is 62.9 Å². The molecule has 0 radical (unpaired) electrons. The van der Waals surface area contributed by atoms with Crippen LogP contribution in [0.2, 0.25) is 0 Å². The summed E-state index contributed by atoms with van der Waals surface area (Å²) in [5.41, 5.74) is 1.50. The van der Waals surface area contributed by atoms with Gasteiger partial charge in [-0.15, -0.1) is 0 Å². The fourth-order valence-corrected chi connectivity index (χ4v) is 5.66. The lowest BCUT2D eigenvalue weighted by molar-refractivity contribution is -0.166. The van der Waals surface area contributed by atoms with Gasteiger partial charge in [-0.2, -0.15) is 0 Å². The predicted octanol–water partition coefficient (Wildman–Crippen LogP) is 5.51. The Morgan fingerprint density at radius 3 is 2.65 bits per heavy atom. The van der Waals surface area contributed by atoms with Crippen LogP contribution in [0.4, 0.5) is 0 Å². The van der Waals surface area contributed by atoms with Gasteiger partial charge >= 0.3 is 5.97 Å². The van der Waals surface area contributed by atoms with E-state index >= 15 is 0 Å². The van der Waals surface area contributed by atoms with E-state index in [0.717, 1.165) is 31.2 Å². The Bertz CT molecular complexity index is 1010. The first-order valence-electron chi connectivity index (χ1n) is 13.4. The molecular weight excluding hydrogens is 472 g/mol. The molecule has 1 saturated carbocycles. The molecular formula is C30H42O7. The molecule has 1 aromatic carbocycles. The third-order valence-electron chi connectivity index (χ3n) is 7.86. The number of rotatable bonds is 12. The maximum Gasteiger partial charge on any atom is 0.331 e. The highest BCUT2D eigenvalue weighted by atomic mass is 16.6. The van der Waals surface area contributed by atoms with Crippen LogP contribution in [0.25, 0.3) is 6.08 Å². The van der Waals surface area contributed by atoms with E-state index in [1.807, 2.05) is 18.2 Å². The van der Waals surface area contributed by atoms with Crippen LogP contribution in [0.1, 0.15) is 65.4 Å². The normalized spacial score (nSPS) is 32.3. The number of carbonyl (C=O) groups excluding carboxylic acids is 1. The van der Waals surface area contributed by atoms with Gasteiger partial charge in [-0.05, 0) is 70.2 Å². The highest BCUT2D eigenvalue weighted by molar-refractivity contribution is 5.87. The summed E-state index contributed by atoms with van der Waals surface area (Å²) in [5.74, 6) is 0.933. The Morgan fingerprint density at radius 2 is 2.00 bits per heavy atom. The zero-order valence-electron chi connectivity index (χ0n) is 23.1. The summed E-state index contributed by atoms with van der Waals surface area (Å²) in [6, 6.07) is 5.61. The first-order valence-corrected chi connectivity index (χ1v) is 13.4. The van der Waals surface area contributed by atoms with Crippen LogP contribution in [0.3, 0.4) is 0 Å². The maximum atomic E-state index is 12.8. The van der Waals surface area contributed by atoms with Crippen molar-refractivity contribution in [2.24, 2.45) is 5.92 Å². The Kier molecular flexibility index (Phi) is 8.66. The molecule has 2 heterocycles. The van der Waals surface area contributed by atoms with Gasteiger partial charge in [0.1, 0.15) is 23.4 Å². The summed E-state index contributed by atoms with van der Waals surface area (Å²) in [6.07, 6.45) is 9.28. The minimum atomic E-state index is -0.399. The Morgan fingerprint density at radius 1 is 1.22 bits per heavy atom. The summed E-state index contributed by atoms with van der Waals surface area (Å²) in [6.45, 7) is 9.80. The third kappa shape index (κ3) is 6.21. The number of methoxy groups -OCH3 is 2. The van der Waals surface area contributed by atoms with Crippen LogP contribution in [0.15, 0.2) is 35.9 Å². The van der Waals surface area contributed by atoms with Crippen LogP contribution < -0.4 is 9.47 Å². The van der Waals surface area contributed by atoms with Crippen molar-refractivity contribution in [1.82, 2.24) is 0 Å². The van der Waals surface area contributed by atoms with Gasteiger partial charge in [0.25, 0.3) is 0 Å². The molecule has 204 valence electrons. The third-order valence-corrected chi connectivity index (χ3v) is 7.86. The van der Waals surface area contributed by atoms with E-state index in [0.29, 0.717) is 31.1 Å². The van der Waals surface area contributed by atoms with Crippen LogP contribution in [0.5, 0.6) is 11.5 Å². The molecule has 4 rings (SSSR count). The average Bonchev–Trinajstić information content (AvgIpc) is 3.80. The Hall–Kier alpha value is -2.35. The van der Waals surface area contributed by atoms with Crippen molar-refractivity contribution in [2.45, 2.75) is 89.3 Å². The molecule has 7 heteroatoms. The topological polar surface area (TPSA) is 79.1 Å². The van der Waals surface area contributed by atoms with Crippen molar-refractivity contribution in [1.29, 1.82) is 0 Å². The van der Waals surface area contributed by atoms with Gasteiger partial charge in [-0.3, -0.25) is 0 Å². The second-order valence-corrected chi connectivity index (χ2v) is 10.8. The number of ether oxygens (including phenoxy) is 6. The van der Waals surface area contributed by atoms with Crippen molar-refractivity contribution in [3.8, 4) is 11.5 Å². The fourth-order valence-electron chi connectivity index (χ4n) is 5.66. The van der Waals surface area contributed by atoms with Crippen molar-refractivity contribution in [2.75, 3.05) is 27.4 Å². The predicted molar refractivity (Wildman–Crippen MR) is 142 cm³/mol. The first kappa shape index (κ1) is 27.7. The van der Waals surface area contributed by atoms with Crippen LogP contribution in [0, 0.1) is 5.92 Å². The molecule has 1 unspecified atom stereocenters. The standard InChI is InChI=1S/C30H42O7/c1-7-8-17-34-22-12-10-21(18-24(22)32-5)11-14-26(31)36-23-15-16-30(19-35-30)28(27(23)33-6)29(4)25(37-29)13-9-20(2)3/h9-12,14,18,23,25,27-28H,7-8,13,15-17,19H2,1-6H3/b14-11+/t23-,25+,27-,28-,29?,30+/m1/s1. The van der Waals surface area contributed by atoms with E-state index < -0.39 is 5.97 Å². The summed E-state index contributed by atoms with van der Waals surface area (Å²) in [5, 5.41) is 0. The van der Waals surface area contributed by atoms with Gasteiger partial charge in [-0.25, -0.2) is 4.79 Å². The molecule has 0 N–H and O–H groups in total.